The van der Waals surface area contributed by atoms with Gasteiger partial charge in [0.05, 0.1) is 19.7 Å². The van der Waals surface area contributed by atoms with Crippen molar-refractivity contribution in [3.05, 3.63) is 59.9 Å². The van der Waals surface area contributed by atoms with Gasteiger partial charge in [0.1, 0.15) is 0 Å². The van der Waals surface area contributed by atoms with E-state index >= 15 is 0 Å². The summed E-state index contributed by atoms with van der Waals surface area (Å²) in [5.74, 6) is 0.308. The summed E-state index contributed by atoms with van der Waals surface area (Å²) in [7, 11) is 1.64. The molecule has 0 radical (unpaired) electrons. The van der Waals surface area contributed by atoms with Crippen LogP contribution in [0.2, 0.25) is 0 Å². The van der Waals surface area contributed by atoms with Gasteiger partial charge in [0.15, 0.2) is 0 Å². The zero-order valence-corrected chi connectivity index (χ0v) is 19.4. The molecule has 170 valence electrons. The summed E-state index contributed by atoms with van der Waals surface area (Å²) >= 11 is 0. The van der Waals surface area contributed by atoms with Gasteiger partial charge in [0.25, 0.3) is 0 Å². The predicted molar refractivity (Wildman–Crippen MR) is 124 cm³/mol. The summed E-state index contributed by atoms with van der Waals surface area (Å²) in [6.07, 6.45) is 3.29. The minimum Gasteiger partial charge on any atom is -0.383 e. The maximum atomic E-state index is 13.2. The van der Waals surface area contributed by atoms with Gasteiger partial charge in [0.2, 0.25) is 11.8 Å². The number of hydrogen-bond acceptors (Lipinski definition) is 3. The first-order valence-electron chi connectivity index (χ1n) is 11.2. The molecule has 0 saturated heterocycles. The van der Waals surface area contributed by atoms with Crippen molar-refractivity contribution in [2.24, 2.45) is 5.92 Å². The van der Waals surface area contributed by atoms with Gasteiger partial charge in [0, 0.05) is 45.1 Å². The van der Waals surface area contributed by atoms with Crippen LogP contribution in [0.1, 0.15) is 44.9 Å². The molecule has 0 aliphatic rings. The number of amides is 2. The molecule has 6 nitrogen and oxygen atoms in total. The van der Waals surface area contributed by atoms with Crippen LogP contribution in [-0.4, -0.2) is 59.5 Å². The fourth-order valence-electron chi connectivity index (χ4n) is 3.55. The first-order valence-corrected chi connectivity index (χ1v) is 11.2. The van der Waals surface area contributed by atoms with Crippen LogP contribution in [0.4, 0.5) is 0 Å². The maximum Gasteiger partial charge on any atom is 0.242 e. The normalized spacial score (nSPS) is 11.0. The van der Waals surface area contributed by atoms with Crippen LogP contribution in [0.5, 0.6) is 0 Å². The van der Waals surface area contributed by atoms with Crippen molar-refractivity contribution in [3.8, 4) is 0 Å². The molecule has 0 saturated carbocycles. The number of carbonyl (C=O) groups excluding carboxylic acids is 2. The molecule has 6 heteroatoms. The molecule has 0 atom stereocenters. The van der Waals surface area contributed by atoms with Crippen molar-refractivity contribution in [3.63, 3.8) is 0 Å². The third kappa shape index (κ3) is 8.21. The highest BCUT2D eigenvalue weighted by Crippen LogP contribution is 2.12. The lowest BCUT2D eigenvalue weighted by atomic mass is 10.2. The third-order valence-corrected chi connectivity index (χ3v) is 5.12. The summed E-state index contributed by atoms with van der Waals surface area (Å²) in [6.45, 7) is 9.00. The molecule has 1 aromatic heterocycles. The Labute approximate surface area is 186 Å². The van der Waals surface area contributed by atoms with Crippen LogP contribution in [0.3, 0.4) is 0 Å². The van der Waals surface area contributed by atoms with Gasteiger partial charge in [-0.25, -0.2) is 0 Å². The second kappa shape index (κ2) is 13.0. The van der Waals surface area contributed by atoms with E-state index in [-0.39, 0.29) is 18.4 Å². The molecule has 31 heavy (non-hydrogen) atoms. The van der Waals surface area contributed by atoms with Crippen molar-refractivity contribution < 1.29 is 14.3 Å². The van der Waals surface area contributed by atoms with Crippen molar-refractivity contribution in [1.82, 2.24) is 14.4 Å². The molecule has 1 heterocycles. The van der Waals surface area contributed by atoms with E-state index in [1.807, 2.05) is 43.5 Å². The van der Waals surface area contributed by atoms with E-state index in [9.17, 15) is 9.59 Å². The van der Waals surface area contributed by atoms with Crippen LogP contribution in [0.15, 0.2) is 48.7 Å². The van der Waals surface area contributed by atoms with E-state index in [2.05, 4.69) is 30.5 Å². The second-order valence-electron chi connectivity index (χ2n) is 8.34. The first-order chi connectivity index (χ1) is 14.9. The molecule has 2 rings (SSSR count). The SMILES string of the molecule is CCCC(=O)N(CC(=O)N(CCOC)Cc1cccn1Cc1ccccc1)CC(C)C. The standard InChI is InChI=1S/C25H37N3O3/c1-5-10-24(29)28(17-21(2)3)20-25(30)27(15-16-31-4)19-23-13-9-14-26(23)18-22-11-7-6-8-12-22/h6-9,11-14,21H,5,10,15-20H2,1-4H3. The molecule has 0 spiro atoms. The average Bonchev–Trinajstić information content (AvgIpc) is 3.17. The Kier molecular flexibility index (Phi) is 10.3. The van der Waals surface area contributed by atoms with Gasteiger partial charge in [-0.15, -0.1) is 0 Å². The summed E-state index contributed by atoms with van der Waals surface area (Å²) < 4.78 is 7.41. The van der Waals surface area contributed by atoms with E-state index in [0.29, 0.717) is 38.6 Å². The smallest absolute Gasteiger partial charge is 0.242 e. The van der Waals surface area contributed by atoms with Crippen LogP contribution < -0.4 is 0 Å². The van der Waals surface area contributed by atoms with Gasteiger partial charge >= 0.3 is 0 Å². The quantitative estimate of drug-likeness (QED) is 0.489. The first kappa shape index (κ1) is 24.7. The second-order valence-corrected chi connectivity index (χ2v) is 8.34. The fourth-order valence-corrected chi connectivity index (χ4v) is 3.55. The molecule has 0 fully saturated rings. The molecule has 0 bridgehead atoms. The largest absolute Gasteiger partial charge is 0.383 e. The number of hydrogen-bond donors (Lipinski definition) is 0. The maximum absolute atomic E-state index is 13.2. The highest BCUT2D eigenvalue weighted by molar-refractivity contribution is 5.84. The number of ether oxygens (including phenoxy) is 1. The molecule has 0 unspecified atom stereocenters. The van der Waals surface area contributed by atoms with Crippen molar-refractivity contribution in [2.45, 2.75) is 46.7 Å². The number of benzene rings is 1. The summed E-state index contributed by atoms with van der Waals surface area (Å²) in [6, 6.07) is 14.3. The number of methoxy groups -OCH3 is 1. The van der Waals surface area contributed by atoms with E-state index in [4.69, 9.17) is 4.74 Å². The van der Waals surface area contributed by atoms with Gasteiger partial charge < -0.3 is 19.1 Å². The van der Waals surface area contributed by atoms with E-state index in [1.165, 1.54) is 5.56 Å². The molecule has 2 amide bonds. The Morgan fingerprint density at radius 3 is 2.42 bits per heavy atom. The zero-order chi connectivity index (χ0) is 22.6. The van der Waals surface area contributed by atoms with Crippen molar-refractivity contribution >= 4 is 11.8 Å². The highest BCUT2D eigenvalue weighted by Gasteiger charge is 2.22. The van der Waals surface area contributed by atoms with E-state index < -0.39 is 0 Å². The monoisotopic (exact) mass is 427 g/mol. The summed E-state index contributed by atoms with van der Waals surface area (Å²) in [5.41, 5.74) is 2.27. The fraction of sp³-hybridized carbons (Fsp3) is 0.520. The minimum atomic E-state index is -0.0467. The van der Waals surface area contributed by atoms with E-state index in [0.717, 1.165) is 18.7 Å². The summed E-state index contributed by atoms with van der Waals surface area (Å²) in [5, 5.41) is 0. The average molecular weight is 428 g/mol. The van der Waals surface area contributed by atoms with Gasteiger partial charge in [-0.3, -0.25) is 9.59 Å². The predicted octanol–water partition coefficient (Wildman–Crippen LogP) is 3.80. The molecule has 1 aromatic carbocycles. The summed E-state index contributed by atoms with van der Waals surface area (Å²) in [4.78, 5) is 29.3. The Hall–Kier alpha value is -2.60. The molecular formula is C25H37N3O3. The number of carbonyl (C=O) groups is 2. The van der Waals surface area contributed by atoms with Gasteiger partial charge in [-0.05, 0) is 30.0 Å². The van der Waals surface area contributed by atoms with E-state index in [1.54, 1.807) is 16.9 Å². The van der Waals surface area contributed by atoms with Crippen LogP contribution >= 0.6 is 0 Å². The Morgan fingerprint density at radius 2 is 1.77 bits per heavy atom. The lowest BCUT2D eigenvalue weighted by molar-refractivity contribution is -0.141. The van der Waals surface area contributed by atoms with Crippen molar-refractivity contribution in [2.75, 3.05) is 33.4 Å². The third-order valence-electron chi connectivity index (χ3n) is 5.12. The van der Waals surface area contributed by atoms with Crippen LogP contribution in [-0.2, 0) is 27.4 Å². The van der Waals surface area contributed by atoms with Crippen LogP contribution in [0.25, 0.3) is 0 Å². The zero-order valence-electron chi connectivity index (χ0n) is 19.4. The molecule has 0 N–H and O–H groups in total. The van der Waals surface area contributed by atoms with Gasteiger partial charge in [-0.1, -0.05) is 51.1 Å². The Morgan fingerprint density at radius 1 is 1.03 bits per heavy atom. The highest BCUT2D eigenvalue weighted by atomic mass is 16.5. The van der Waals surface area contributed by atoms with Crippen molar-refractivity contribution in [1.29, 1.82) is 0 Å². The van der Waals surface area contributed by atoms with Gasteiger partial charge in [-0.2, -0.15) is 0 Å². The van der Waals surface area contributed by atoms with Crippen LogP contribution in [0, 0.1) is 5.92 Å². The number of aromatic nitrogens is 1. The number of nitrogens with zero attached hydrogens (tertiary/aromatic N) is 3. The lowest BCUT2D eigenvalue weighted by Crippen LogP contribution is -2.45. The molecule has 0 aliphatic carbocycles. The molecular weight excluding hydrogens is 390 g/mol. The molecule has 2 aromatic rings. The topological polar surface area (TPSA) is 54.8 Å². The molecule has 0 aliphatic heterocycles. The Balaban J connectivity index is 2.13. The lowest BCUT2D eigenvalue weighted by Gasteiger charge is -2.29. The number of rotatable bonds is 13. The minimum absolute atomic E-state index is 0.0451. The Bertz CT molecular complexity index is 801.